The molecule has 0 aromatic carbocycles. The zero-order valence-electron chi connectivity index (χ0n) is 30.6. The van der Waals surface area contributed by atoms with Crippen molar-refractivity contribution in [2.45, 2.75) is 0 Å². The molecule has 0 fully saturated rings. The second kappa shape index (κ2) is 950. The van der Waals surface area contributed by atoms with E-state index >= 15 is 0 Å². The molecule has 0 heterocycles. The minimum atomic E-state index is 0. The van der Waals surface area contributed by atoms with E-state index in [4.69, 9.17) is 0 Å². The molecule has 0 saturated carbocycles. The van der Waals surface area contributed by atoms with Crippen LogP contribution < -0.4 is 0 Å². The van der Waals surface area contributed by atoms with E-state index in [2.05, 4.69) is 25.1 Å². The molecule has 0 N–H and O–H groups in total. The van der Waals surface area contributed by atoms with E-state index in [9.17, 15) is 0 Å². The molecule has 101 heteroatoms. The minimum Gasteiger partial charge on any atom is -0.0341 e. The van der Waals surface area contributed by atoms with Crippen LogP contribution in [0.2, 0.25) is 0 Å². The van der Waals surface area contributed by atoms with E-state index in [1.54, 1.807) is 0 Å². The Labute approximate surface area is 2170 Å². The van der Waals surface area contributed by atoms with Crippen LogP contribution in [0.3, 0.4) is 0 Å². The Morgan fingerprint density at radius 2 is 0.0396 bits per heavy atom. The molecule has 0 rings (SSSR count). The second-order valence-corrected chi connectivity index (χ2v) is 0. The van der Waals surface area contributed by atoms with Crippen molar-refractivity contribution in [3.05, 3.63) is 0 Å². The molecule has 0 aliphatic heterocycles. The Bertz CT molecular complexity index is 16.2. The largest absolute Gasteiger partial charge is 0.0341 e. The number of hydrogen-bond acceptors (Lipinski definition) is 0. The molecule has 0 atom stereocenters. The maximum absolute atomic E-state index is 4.45. The standard InChI is InChI=1S/99Ag.BrCl/c;;;;;;;;;;;;;;;;;;;;;;;;;;;;;;;;;;;;;;;;;;;;;;;;;;;;;;;;;;;;;;;;;;;;;;;;;;;;;;;;;;;;;;;;;;;;;;;;;;;1-2. The Morgan fingerprint density at radius 3 is 0.0396 bits per heavy atom. The van der Waals surface area contributed by atoms with Crippen LogP contribution in [0.4, 0.5) is 0 Å². The maximum Gasteiger partial charge on any atom is 0.0341 e. The SMILES string of the molecule is ClBr.[Ag].[Ag].[Ag].[Ag].[Ag].[Ag].[Ag].[Ag].[Ag].[Ag].[Ag].[Ag].[Ag].[Ag].[Ag].[Ag].[Ag].[Ag].[Ag].[Ag].[Ag].[Ag].[Ag].[Ag].[Ag].[Ag].[Ag].[Ag].[Ag].[Ag].[Ag].[Ag].[Ag].[Ag].[Ag].[Ag].[Ag].[Ag].[Ag].[Ag].[Ag].[Ag].[Ag].[Ag].[Ag].[Ag].[Ag].[Ag].[Ag].[Ag].[Ag].[Ag].[Ag].[Ag].[Ag].[Ag].[Ag].[Ag].[Ag].[Ag].[Ag].[Ag].[Ag].[Ag].[Ag].[Ag].[Ag].[Ag].[Ag].[Ag].[Ag].[Ag].[Ag].[Ag].[Ag].[Ag].[Ag].[Ag].[Ag].[Ag].[Ag].[Ag].[Ag].[Ag].[Ag].[Ag].[Ag].[Ag].[Ag].[Ag].[Ag].[Ag].[Ag].[Ag].[Ag].[Ag].[Ag].[Ag].[Ag]. The van der Waals surface area contributed by atoms with Gasteiger partial charge in [-0.1, -0.05) is 0 Å². The topological polar surface area (TPSA) is 0 Å². The third-order valence-electron chi connectivity index (χ3n) is 0. The molecule has 0 unspecified atom stereocenters. The fraction of sp³-hybridized carbons (Fsp3) is 0. The summed E-state index contributed by atoms with van der Waals surface area (Å²) < 4.78 is 0. The summed E-state index contributed by atoms with van der Waals surface area (Å²) >= 11 is 2.41. The third kappa shape index (κ3) is 940. The van der Waals surface area contributed by atoms with Gasteiger partial charge in [0, 0.05) is 2230 Å². The minimum absolute atomic E-state index is 0. The molecule has 1103 valence electrons. The monoisotopic (exact) mass is 10700 g/mol. The van der Waals surface area contributed by atoms with E-state index in [0.717, 1.165) is 0 Å². The molecular formula is Ag99BrCl. The van der Waals surface area contributed by atoms with Crippen molar-refractivity contribution in [1.82, 2.24) is 0 Å². The fourth-order valence-corrected chi connectivity index (χ4v) is 0. The summed E-state index contributed by atoms with van der Waals surface area (Å²) in [5.74, 6) is 0. The van der Waals surface area contributed by atoms with E-state index in [1.807, 2.05) is 0 Å². The van der Waals surface area contributed by atoms with E-state index in [-0.39, 0.29) is 2220 Å². The summed E-state index contributed by atoms with van der Waals surface area (Å²) in [6.45, 7) is 0. The second-order valence-electron chi connectivity index (χ2n) is 0. The molecule has 0 nitrogen and oxygen atoms in total. The van der Waals surface area contributed by atoms with Crippen molar-refractivity contribution in [2.75, 3.05) is 0 Å². The first-order valence-corrected chi connectivity index (χ1v) is 2.23. The van der Waals surface area contributed by atoms with Crippen molar-refractivity contribution in [2.24, 2.45) is 0 Å². The van der Waals surface area contributed by atoms with Gasteiger partial charge in [0.05, 0.1) is 0 Å². The van der Waals surface area contributed by atoms with Gasteiger partial charge >= 0.3 is 0 Å². The number of hydrogen-bond donors (Lipinski definition) is 0. The molecule has 0 bridgehead atoms. The maximum atomic E-state index is 4.45. The van der Waals surface area contributed by atoms with Crippen LogP contribution in [0.15, 0.2) is 0 Å². The Morgan fingerprint density at radius 1 is 0.0396 bits per heavy atom. The Hall–Kier alpha value is 74.1. The molecule has 0 saturated heterocycles. The molecule has 0 aliphatic rings. The zero-order chi connectivity index (χ0) is 2.00. The van der Waals surface area contributed by atoms with Gasteiger partial charge in [0.15, 0.2) is 0 Å². The Kier molecular flexibility index (Phi) is 8860. The average molecular weight is 10800 g/mol. The van der Waals surface area contributed by atoms with Crippen molar-refractivity contribution in [3.8, 4) is 0 Å². The molecule has 0 aromatic rings. The van der Waals surface area contributed by atoms with Gasteiger partial charge in [0.25, 0.3) is 0 Å². The summed E-state index contributed by atoms with van der Waals surface area (Å²) in [6, 6.07) is 0. The molecular weight excluding hydrogens is 10800 g/mol. The van der Waals surface area contributed by atoms with Gasteiger partial charge in [-0.15, -0.1) is 0 Å². The third-order valence-corrected chi connectivity index (χ3v) is 0. The molecule has 0 spiro atoms. The van der Waals surface area contributed by atoms with Crippen LogP contribution >= 0.6 is 25.1 Å². The van der Waals surface area contributed by atoms with Crippen LogP contribution in [0.1, 0.15) is 0 Å². The Balaban J connectivity index is -0.00000000000103. The van der Waals surface area contributed by atoms with Gasteiger partial charge in [-0.05, 0) is 10.1 Å². The quantitative estimate of drug-likeness (QED) is 0.322. The predicted molar refractivity (Wildman–Crippen MR) is 14.8 cm³/mol. The predicted octanol–water partition coefficient (Wildman–Crippen LogP) is 1.29. The molecule has 101 heavy (non-hydrogen) atoms. The van der Waals surface area contributed by atoms with Gasteiger partial charge in [-0.3, -0.25) is 0 Å². The van der Waals surface area contributed by atoms with Crippen LogP contribution in [-0.2, 0) is 2220 Å². The van der Waals surface area contributed by atoms with Crippen LogP contribution in [-0.4, -0.2) is 0 Å². The number of halogens is 2. The van der Waals surface area contributed by atoms with Crippen LogP contribution in [0.5, 0.6) is 0 Å². The van der Waals surface area contributed by atoms with Crippen molar-refractivity contribution in [3.63, 3.8) is 0 Å². The summed E-state index contributed by atoms with van der Waals surface area (Å²) in [6.07, 6.45) is 0. The summed E-state index contributed by atoms with van der Waals surface area (Å²) in [4.78, 5) is 0. The first kappa shape index (κ1) is 941. The number of rotatable bonds is 0. The summed E-state index contributed by atoms with van der Waals surface area (Å²) in [5.41, 5.74) is 0. The van der Waals surface area contributed by atoms with Crippen molar-refractivity contribution >= 4 is 25.1 Å². The fourth-order valence-electron chi connectivity index (χ4n) is 0. The molecule has 0 aromatic heterocycles. The van der Waals surface area contributed by atoms with Crippen LogP contribution in [0.25, 0.3) is 0 Å². The summed E-state index contributed by atoms with van der Waals surface area (Å²) in [7, 11) is 4.45. The normalized spacial score (nSPS) is 0.0594. The van der Waals surface area contributed by atoms with Crippen LogP contribution in [0, 0.1) is 0 Å². The zero-order valence-corrected chi connectivity index (χ0v) is 180. The average Bonchev–Trinajstić information content (AvgIpc) is 1.00. The van der Waals surface area contributed by atoms with E-state index in [1.165, 1.54) is 0 Å². The van der Waals surface area contributed by atoms with Gasteiger partial charge < -0.3 is 0 Å². The van der Waals surface area contributed by atoms with Gasteiger partial charge in [-0.2, -0.15) is 0 Å². The van der Waals surface area contributed by atoms with Gasteiger partial charge in [0.1, 0.15) is 0 Å². The summed E-state index contributed by atoms with van der Waals surface area (Å²) in [5, 5.41) is 0. The van der Waals surface area contributed by atoms with E-state index in [0.29, 0.717) is 0 Å². The van der Waals surface area contributed by atoms with Gasteiger partial charge in [-0.25, -0.2) is 0 Å². The molecule has 0 aliphatic carbocycles. The van der Waals surface area contributed by atoms with E-state index < -0.39 is 0 Å². The first-order valence-electron chi connectivity index (χ1n) is 0.143. The first-order chi connectivity index (χ1) is 1.00. The van der Waals surface area contributed by atoms with Crippen molar-refractivity contribution < 1.29 is 2220 Å². The van der Waals surface area contributed by atoms with Crippen molar-refractivity contribution in [1.29, 1.82) is 0 Å². The van der Waals surface area contributed by atoms with Gasteiger partial charge in [0.2, 0.25) is 0 Å². The molecule has 0 amide bonds. The smallest absolute Gasteiger partial charge is 0.0341 e. The molecule has 99 radical (unpaired) electrons.